The summed E-state index contributed by atoms with van der Waals surface area (Å²) < 4.78 is 37.2. The van der Waals surface area contributed by atoms with Crippen molar-refractivity contribution in [3.05, 3.63) is 47.6 Å². The van der Waals surface area contributed by atoms with E-state index in [0.29, 0.717) is 52.2 Å². The number of hydrogen-bond donors (Lipinski definition) is 1. The summed E-state index contributed by atoms with van der Waals surface area (Å²) in [6, 6.07) is 6.31. The summed E-state index contributed by atoms with van der Waals surface area (Å²) in [6.45, 7) is 3.09. The van der Waals surface area contributed by atoms with Crippen LogP contribution in [0.1, 0.15) is 32.1 Å². The van der Waals surface area contributed by atoms with E-state index in [4.69, 9.17) is 21.3 Å². The van der Waals surface area contributed by atoms with E-state index in [9.17, 15) is 4.39 Å². The minimum atomic E-state index is -0.865. The average molecular weight is 578 g/mol. The summed E-state index contributed by atoms with van der Waals surface area (Å²) >= 11 is 6.56. The molecule has 4 saturated heterocycles. The minimum Gasteiger partial charge on any atom is -0.461 e. The molecule has 0 amide bonds. The van der Waals surface area contributed by atoms with Crippen molar-refractivity contribution in [2.75, 3.05) is 37.7 Å². The van der Waals surface area contributed by atoms with Crippen molar-refractivity contribution in [1.82, 2.24) is 30.2 Å². The number of benzene rings is 1. The van der Waals surface area contributed by atoms with Gasteiger partial charge in [-0.3, -0.25) is 14.9 Å². The van der Waals surface area contributed by atoms with Gasteiger partial charge in [0.15, 0.2) is 5.82 Å². The first-order valence-electron chi connectivity index (χ1n) is 14.4. The summed E-state index contributed by atoms with van der Waals surface area (Å²) in [5, 5.41) is 6.14. The van der Waals surface area contributed by atoms with E-state index in [-0.39, 0.29) is 29.4 Å². The highest BCUT2D eigenvalue weighted by Gasteiger charge is 2.49. The number of nitrogens with one attached hydrogen (secondary N) is 1. The fraction of sp³-hybridized carbons (Fsp3) is 0.467. The number of halogens is 3. The quantitative estimate of drug-likeness (QED) is 0.358. The molecule has 4 aliphatic heterocycles. The van der Waals surface area contributed by atoms with Crippen molar-refractivity contribution in [3.8, 4) is 17.3 Å². The number of rotatable bonds is 5. The smallest absolute Gasteiger partial charge is 0.319 e. The van der Waals surface area contributed by atoms with Gasteiger partial charge in [0.05, 0.1) is 10.9 Å². The van der Waals surface area contributed by atoms with E-state index in [1.807, 2.05) is 12.1 Å². The Hall–Kier alpha value is -3.21. The third-order valence-corrected chi connectivity index (χ3v) is 9.69. The number of aromatic nitrogens is 4. The maximum absolute atomic E-state index is 16.5. The monoisotopic (exact) mass is 577 g/mol. The van der Waals surface area contributed by atoms with Crippen molar-refractivity contribution >= 4 is 39.1 Å². The molecule has 0 spiro atoms. The second-order valence-electron chi connectivity index (χ2n) is 11.9. The average Bonchev–Trinajstić information content (AvgIpc) is 3.62. The van der Waals surface area contributed by atoms with Crippen LogP contribution in [0.15, 0.2) is 36.8 Å². The van der Waals surface area contributed by atoms with Crippen LogP contribution < -0.4 is 15.0 Å². The maximum atomic E-state index is 16.5. The second-order valence-corrected chi connectivity index (χ2v) is 12.4. The fourth-order valence-corrected chi connectivity index (χ4v) is 7.78. The minimum absolute atomic E-state index is 0.104. The highest BCUT2D eigenvalue weighted by atomic mass is 35.5. The summed E-state index contributed by atoms with van der Waals surface area (Å²) in [6.07, 6.45) is 8.58. The predicted molar refractivity (Wildman–Crippen MR) is 154 cm³/mol. The molecular weight excluding hydrogens is 548 g/mol. The Morgan fingerprint density at radius 2 is 1.95 bits per heavy atom. The molecule has 41 heavy (non-hydrogen) atoms. The first-order chi connectivity index (χ1) is 20.0. The molecule has 4 aliphatic rings. The van der Waals surface area contributed by atoms with E-state index in [2.05, 4.69) is 30.1 Å². The van der Waals surface area contributed by atoms with Crippen LogP contribution in [0.5, 0.6) is 6.01 Å². The third-order valence-electron chi connectivity index (χ3n) is 9.38. The molecule has 212 valence electrons. The lowest BCUT2D eigenvalue weighted by Crippen LogP contribution is -2.51. The SMILES string of the molecule is Fc1c(-c2cncc3cccc(Cl)c23)ncc2c(N3C[C@H]4CC[C@@H](C3)N4)nc(OC[C@]34CCCN3C[C@@H](F)C4)nc12. The zero-order valence-corrected chi connectivity index (χ0v) is 23.2. The van der Waals surface area contributed by atoms with Crippen LogP contribution >= 0.6 is 11.6 Å². The van der Waals surface area contributed by atoms with Crippen LogP contribution in [0.3, 0.4) is 0 Å². The Labute approximate surface area is 241 Å². The highest BCUT2D eigenvalue weighted by molar-refractivity contribution is 6.36. The molecule has 2 bridgehead atoms. The molecule has 0 saturated carbocycles. The van der Waals surface area contributed by atoms with Gasteiger partial charge in [-0.05, 0) is 38.3 Å². The molecule has 4 fully saturated rings. The number of fused-ring (bicyclic) bond motifs is 5. The first kappa shape index (κ1) is 25.5. The number of alkyl halides is 1. The van der Waals surface area contributed by atoms with Gasteiger partial charge in [0, 0.05) is 78.1 Å². The normalized spacial score (nSPS) is 27.7. The summed E-state index contributed by atoms with van der Waals surface area (Å²) in [4.78, 5) is 22.7. The van der Waals surface area contributed by atoms with Crippen molar-refractivity contribution < 1.29 is 13.5 Å². The molecule has 1 aromatic carbocycles. The van der Waals surface area contributed by atoms with Crippen LogP contribution in [-0.4, -0.2) is 81.4 Å². The van der Waals surface area contributed by atoms with Gasteiger partial charge in [0.1, 0.15) is 29.8 Å². The molecule has 1 N–H and O–H groups in total. The standard InChI is InChI=1S/C30H30ClF2N7O/c31-23-4-1-3-17-10-34-11-21(24(17)23)26-25(33)27-22(12-35-26)28(39-14-19-5-6-20(15-39)36-19)38-29(37-27)41-16-30-7-2-8-40(30)13-18(32)9-30/h1,3-4,10-12,18-20,36H,2,5-9,13-16H2/t18-,19-,20+,30+/m0/s1. The first-order valence-corrected chi connectivity index (χ1v) is 14.8. The van der Waals surface area contributed by atoms with Gasteiger partial charge in [-0.25, -0.2) is 8.78 Å². The van der Waals surface area contributed by atoms with Crippen molar-refractivity contribution in [2.24, 2.45) is 0 Å². The predicted octanol–water partition coefficient (Wildman–Crippen LogP) is 4.93. The molecule has 4 aromatic rings. The Kier molecular flexibility index (Phi) is 6.02. The third kappa shape index (κ3) is 4.21. The molecule has 7 heterocycles. The van der Waals surface area contributed by atoms with E-state index in [1.165, 1.54) is 0 Å². The summed E-state index contributed by atoms with van der Waals surface area (Å²) in [5.41, 5.74) is 0.395. The molecule has 11 heteroatoms. The lowest BCUT2D eigenvalue weighted by molar-refractivity contribution is 0.107. The van der Waals surface area contributed by atoms with Gasteiger partial charge in [-0.15, -0.1) is 0 Å². The van der Waals surface area contributed by atoms with Gasteiger partial charge in [-0.2, -0.15) is 9.97 Å². The molecule has 4 atom stereocenters. The number of anilines is 1. The summed E-state index contributed by atoms with van der Waals surface area (Å²) in [7, 11) is 0. The van der Waals surface area contributed by atoms with Gasteiger partial charge in [-0.1, -0.05) is 23.7 Å². The van der Waals surface area contributed by atoms with Crippen molar-refractivity contribution in [3.63, 3.8) is 0 Å². The van der Waals surface area contributed by atoms with Crippen LogP contribution in [0.4, 0.5) is 14.6 Å². The number of piperazine rings is 1. The van der Waals surface area contributed by atoms with Gasteiger partial charge in [0.2, 0.25) is 0 Å². The molecule has 8 nitrogen and oxygen atoms in total. The van der Waals surface area contributed by atoms with E-state index >= 15 is 4.39 Å². The molecule has 0 radical (unpaired) electrons. The van der Waals surface area contributed by atoms with Gasteiger partial charge >= 0.3 is 6.01 Å². The zero-order valence-electron chi connectivity index (χ0n) is 22.5. The van der Waals surface area contributed by atoms with Crippen molar-refractivity contribution in [1.29, 1.82) is 0 Å². The Morgan fingerprint density at radius 1 is 1.10 bits per heavy atom. The van der Waals surface area contributed by atoms with E-state index in [1.54, 1.807) is 24.7 Å². The second kappa shape index (κ2) is 9.68. The van der Waals surface area contributed by atoms with Gasteiger partial charge in [0.25, 0.3) is 0 Å². The number of hydrogen-bond acceptors (Lipinski definition) is 8. The number of nitrogens with zero attached hydrogens (tertiary/aromatic N) is 6. The number of ether oxygens (including phenoxy) is 1. The highest BCUT2D eigenvalue weighted by Crippen LogP contribution is 2.41. The number of pyridine rings is 2. The van der Waals surface area contributed by atoms with Crippen LogP contribution in [0.2, 0.25) is 5.02 Å². The molecule has 0 unspecified atom stereocenters. The maximum Gasteiger partial charge on any atom is 0.319 e. The van der Waals surface area contributed by atoms with Crippen molar-refractivity contribution in [2.45, 2.75) is 55.9 Å². The van der Waals surface area contributed by atoms with Crippen LogP contribution in [0, 0.1) is 5.82 Å². The van der Waals surface area contributed by atoms with Gasteiger partial charge < -0.3 is 15.0 Å². The fourth-order valence-electron chi connectivity index (χ4n) is 7.50. The van der Waals surface area contributed by atoms with E-state index < -0.39 is 12.0 Å². The molecule has 3 aromatic heterocycles. The molecule has 0 aliphatic carbocycles. The topological polar surface area (TPSA) is 79.3 Å². The van der Waals surface area contributed by atoms with E-state index in [0.717, 1.165) is 50.7 Å². The van der Waals surface area contributed by atoms with Crippen LogP contribution in [-0.2, 0) is 0 Å². The zero-order chi connectivity index (χ0) is 27.7. The Bertz CT molecular complexity index is 1660. The lowest BCUT2D eigenvalue weighted by atomic mass is 9.95. The molecule has 8 rings (SSSR count). The Balaban J connectivity index is 1.25. The lowest BCUT2D eigenvalue weighted by Gasteiger charge is -2.34. The Morgan fingerprint density at radius 3 is 2.80 bits per heavy atom. The van der Waals surface area contributed by atoms with Crippen LogP contribution in [0.25, 0.3) is 32.9 Å². The largest absolute Gasteiger partial charge is 0.461 e. The summed E-state index contributed by atoms with van der Waals surface area (Å²) in [5.74, 6) is 0.0414. The molecular formula is C30H30ClF2N7O.